The average Bonchev–Trinajstić information content (AvgIpc) is 1.63. The Morgan fingerprint density at radius 3 is 1.14 bits per heavy atom. The molecule has 149 heavy (non-hydrogen) atoms. The Morgan fingerprint density at radius 2 is 0.651 bits per heavy atom. The lowest BCUT2D eigenvalue weighted by atomic mass is 10.1. The Hall–Kier alpha value is -21.7. The largest absolute Gasteiger partial charge is 0.322 e. The molecule has 0 unspecified atom stereocenters. The zero-order valence-electron chi connectivity index (χ0n) is 80.3. The van der Waals surface area contributed by atoms with E-state index in [0.717, 1.165) is 39.6 Å². The van der Waals surface area contributed by atoms with E-state index in [-0.39, 0.29) is 67.4 Å². The SMILES string of the molecule is [C-]#[N+]c1c(-c2ccccc2)nn2c(=O)c3c(C)[nH]n(-c4ccccc4)c3nc12.[C-]#[N+]c1c(-c2ccccc2)nn2c(=O)c3c(C)nn(C)c3n(C)c12.[C-]#[N+]c1c(-c2ccccc2Cl)nn2c(=O)c3c(C)[nH]n(-c4ccccc4)c3nc12.[C-]#[N+]c1c(C)[nH]n2c(=O)c3c(C)nn(-c4ccccc4)c3nc12.[C-]#[N+]c1cnn2c(=O)c3c(C)[nH]n(-c4ccccc4)c3nc12.[C-]#[N+]c1cnn2c(=O)c3c(C)nn(-c4ccccc4)c3n(C)c12. The van der Waals surface area contributed by atoms with E-state index in [1.807, 2.05) is 258 Å². The topological polar surface area (TPSA) is 412 Å². The van der Waals surface area contributed by atoms with Crippen LogP contribution in [0.3, 0.4) is 0 Å². The van der Waals surface area contributed by atoms with E-state index >= 15 is 0 Å². The van der Waals surface area contributed by atoms with Gasteiger partial charge in [-0.1, -0.05) is 181 Å². The summed E-state index contributed by atoms with van der Waals surface area (Å²) >= 11 is 6.31. The van der Waals surface area contributed by atoms with Gasteiger partial charge < -0.3 is 14.2 Å². The number of hydrogen-bond donors (Lipinski definition) is 4. The number of fused-ring (bicyclic) bond motifs is 12. The zero-order chi connectivity index (χ0) is 104. The molecule has 722 valence electrons. The lowest BCUT2D eigenvalue weighted by molar-refractivity contribution is 0.745. The van der Waals surface area contributed by atoms with Crippen LogP contribution in [0.1, 0.15) is 39.9 Å². The number of nitrogens with zero attached hydrogens (tertiary/aromatic N) is 32. The van der Waals surface area contributed by atoms with Crippen LogP contribution in [0.25, 0.3) is 191 Å². The summed E-state index contributed by atoms with van der Waals surface area (Å²) in [6.45, 7) is 57.3. The average molecular weight is 1980 g/mol. The molecule has 42 nitrogen and oxygen atoms in total. The lowest BCUT2D eigenvalue weighted by Crippen LogP contribution is -2.19. The van der Waals surface area contributed by atoms with Crippen molar-refractivity contribution >= 4 is 146 Å². The minimum absolute atomic E-state index is 0.190. The smallest absolute Gasteiger partial charge is 0.284 e. The Kier molecular flexibility index (Phi) is 23.5. The van der Waals surface area contributed by atoms with Crippen molar-refractivity contribution in [3.05, 3.63) is 424 Å². The molecule has 0 radical (unpaired) electrons. The Morgan fingerprint density at radius 1 is 0.282 bits per heavy atom. The summed E-state index contributed by atoms with van der Waals surface area (Å²) in [4.78, 5) is 117. The number of hydrogen-bond acceptors (Lipinski definition) is 18. The summed E-state index contributed by atoms with van der Waals surface area (Å²) < 4.78 is 21.4. The van der Waals surface area contributed by atoms with Crippen molar-refractivity contribution in [3.8, 4) is 62.2 Å². The molecule has 0 aliphatic carbocycles. The maximum absolute atomic E-state index is 13.2. The first kappa shape index (κ1) is 93.6. The Balaban J connectivity index is 0.000000105. The highest BCUT2D eigenvalue weighted by Crippen LogP contribution is 2.40. The van der Waals surface area contributed by atoms with Crippen molar-refractivity contribution in [2.75, 3.05) is 0 Å². The van der Waals surface area contributed by atoms with Crippen LogP contribution in [-0.2, 0) is 21.1 Å². The third kappa shape index (κ3) is 15.5. The maximum Gasteiger partial charge on any atom is 0.284 e. The molecule has 0 spiro atoms. The second kappa shape index (κ2) is 37.4. The third-order valence-electron chi connectivity index (χ3n) is 25.1. The van der Waals surface area contributed by atoms with Gasteiger partial charge in [0.1, 0.15) is 72.0 Å². The van der Waals surface area contributed by atoms with E-state index in [2.05, 4.69) is 110 Å². The van der Waals surface area contributed by atoms with Gasteiger partial charge in [-0.15, -0.1) is 0 Å². The fourth-order valence-corrected chi connectivity index (χ4v) is 18.6. The third-order valence-corrected chi connectivity index (χ3v) is 25.4. The van der Waals surface area contributed by atoms with E-state index in [0.29, 0.717) is 168 Å². The summed E-state index contributed by atoms with van der Waals surface area (Å²) in [5.41, 5.74) is 17.6. The summed E-state index contributed by atoms with van der Waals surface area (Å²) in [5.74, 6) is 0. The molecule has 26 rings (SSSR count). The predicted octanol–water partition coefficient (Wildman–Crippen LogP) is 17.9. The van der Waals surface area contributed by atoms with Gasteiger partial charge in [0.25, 0.3) is 56.1 Å². The highest BCUT2D eigenvalue weighted by atomic mass is 35.5. The van der Waals surface area contributed by atoms with Crippen LogP contribution < -0.4 is 33.4 Å². The van der Waals surface area contributed by atoms with Gasteiger partial charge in [-0.3, -0.25) is 48.7 Å². The van der Waals surface area contributed by atoms with Crippen molar-refractivity contribution in [3.63, 3.8) is 0 Å². The zero-order valence-corrected chi connectivity index (χ0v) is 81.1. The molecule has 0 atom stereocenters. The van der Waals surface area contributed by atoms with Gasteiger partial charge in [-0.25, -0.2) is 76.9 Å². The van der Waals surface area contributed by atoms with E-state index in [1.54, 1.807) is 85.6 Å². The van der Waals surface area contributed by atoms with Gasteiger partial charge in [0.05, 0.1) is 97.3 Å². The number of para-hydroxylation sites is 5. The standard InChI is InChI=1S/C21H13ClN6O.C21H14N6O.C17H14N6O.2C16H12N6O.C15H10N6O/c1-12-16-19(27(25-12)13-8-4-3-5-9-13)24-20-18(23-2)17(26-28(20)21(16)29)14-10-6-7-11-15(14)22;1-13-16-19(26(24-13)15-11-7-4-8-12-15)23-20-18(22-2)17(25-27(20)21(16)28)14-9-5-3-6-10-14;1-10-12-15(22(4)19-10)21(3)16-14(18-2)13(20-23(16)17(12)24)11-8-6-5-7-9-11;1-10-13-15(21(19-10)11-7-5-4-6-8-11)20(3)14-12(17-2)9-18-22(14)16(13)23;1-9-12-14(21(19-9)11-7-5-4-6-8-11)18-15-13(17-3)10(2)20-22(15)16(12)23;1-9-12-14(20(19-9)10-6-4-3-5-7-10)18-13-11(16-2)8-17-21(13)15(12)22/h3-11,25H,1H3;3-12,24H,1H3;5-9H,1,3-4H3;4-9H,1,3H3;4-8,20H,1-2H3;3-8,19H,1H3. The highest BCUT2D eigenvalue weighted by Gasteiger charge is 2.30. The molecular weight excluding hydrogens is 1910 g/mol. The van der Waals surface area contributed by atoms with Gasteiger partial charge in [-0.2, -0.15) is 63.4 Å². The monoisotopic (exact) mass is 1980 g/mol. The van der Waals surface area contributed by atoms with Crippen LogP contribution in [0.2, 0.25) is 5.02 Å². The number of rotatable bonds is 8. The molecule has 4 N–H and O–H groups in total. The normalized spacial score (nSPS) is 11.2. The summed E-state index contributed by atoms with van der Waals surface area (Å²) in [7, 11) is 5.43. The molecule has 18 aromatic heterocycles. The molecule has 0 fully saturated rings. The lowest BCUT2D eigenvalue weighted by Gasteiger charge is -2.09. The molecule has 0 aliphatic heterocycles. The number of aromatic amines is 4. The second-order valence-corrected chi connectivity index (χ2v) is 34.5. The fraction of sp³-hybridized carbons (Fsp3) is 0.0943. The molecule has 26 aromatic rings. The van der Waals surface area contributed by atoms with Crippen LogP contribution >= 0.6 is 11.6 Å². The summed E-state index contributed by atoms with van der Waals surface area (Å²) in [6, 6.07) is 73.7. The van der Waals surface area contributed by atoms with Crippen molar-refractivity contribution in [2.24, 2.45) is 21.1 Å². The Bertz CT molecular complexity index is 10700. The Labute approximate surface area is 842 Å². The molecule has 0 saturated carbocycles. The predicted molar refractivity (Wildman–Crippen MR) is 564 cm³/mol. The van der Waals surface area contributed by atoms with Crippen LogP contribution in [0, 0.1) is 87.9 Å². The van der Waals surface area contributed by atoms with Crippen molar-refractivity contribution < 1.29 is 0 Å². The number of aromatic nitrogens is 30. The molecule has 0 bridgehead atoms. The van der Waals surface area contributed by atoms with E-state index in [4.69, 9.17) is 51.0 Å². The molecule has 18 heterocycles. The quantitative estimate of drug-likeness (QED) is 0.103. The number of halogens is 1. The second-order valence-electron chi connectivity index (χ2n) is 34.1. The summed E-state index contributed by atoms with van der Waals surface area (Å²) in [5, 5.41) is 50.3. The van der Waals surface area contributed by atoms with E-state index in [9.17, 15) is 28.8 Å². The molecular formula is C106H75ClN36O6. The first-order chi connectivity index (χ1) is 72.3. The number of benzene rings is 8. The van der Waals surface area contributed by atoms with Gasteiger partial charge in [0.15, 0.2) is 45.2 Å². The number of nitrogens with one attached hydrogen (secondary N) is 4. The van der Waals surface area contributed by atoms with Gasteiger partial charge in [-0.05, 0) is 126 Å². The molecule has 0 aliphatic rings. The molecule has 43 heteroatoms. The molecule has 0 saturated heterocycles. The van der Waals surface area contributed by atoms with Gasteiger partial charge in [0, 0.05) is 54.5 Å². The van der Waals surface area contributed by atoms with Crippen molar-refractivity contribution in [1.29, 1.82) is 0 Å². The molecule has 0 amide bonds. The minimum Gasteiger partial charge on any atom is -0.322 e. The van der Waals surface area contributed by atoms with E-state index < -0.39 is 0 Å². The van der Waals surface area contributed by atoms with Crippen LogP contribution in [-0.4, -0.2) is 145 Å². The number of H-pyrrole nitrogens is 4. The van der Waals surface area contributed by atoms with Gasteiger partial charge in [0.2, 0.25) is 11.4 Å². The maximum atomic E-state index is 13.2. The first-order valence-electron chi connectivity index (χ1n) is 45.6. The highest BCUT2D eigenvalue weighted by molar-refractivity contribution is 6.33. The van der Waals surface area contributed by atoms with Gasteiger partial charge >= 0.3 is 0 Å². The van der Waals surface area contributed by atoms with Crippen LogP contribution in [0.4, 0.5) is 34.1 Å². The first-order valence-corrected chi connectivity index (χ1v) is 46.0. The summed E-state index contributed by atoms with van der Waals surface area (Å²) in [6.07, 6.45) is 2.78. The number of aryl methyl sites for hydroxylation is 10. The van der Waals surface area contributed by atoms with Crippen molar-refractivity contribution in [1.82, 2.24) is 145 Å². The van der Waals surface area contributed by atoms with Crippen molar-refractivity contribution in [2.45, 2.75) is 48.5 Å². The van der Waals surface area contributed by atoms with Crippen LogP contribution in [0.15, 0.2) is 278 Å². The van der Waals surface area contributed by atoms with Crippen LogP contribution in [0.5, 0.6) is 0 Å². The molecule has 8 aromatic carbocycles. The van der Waals surface area contributed by atoms with E-state index in [1.165, 1.54) is 39.5 Å². The minimum atomic E-state index is -0.336. The fourth-order valence-electron chi connectivity index (χ4n) is 18.3.